The van der Waals surface area contributed by atoms with Crippen LogP contribution in [0.1, 0.15) is 35.6 Å². The summed E-state index contributed by atoms with van der Waals surface area (Å²) in [6.45, 7) is 6.90. The molecule has 3 aromatic rings. The van der Waals surface area contributed by atoms with E-state index in [0.717, 1.165) is 10.9 Å². The molecule has 1 fully saturated rings. The van der Waals surface area contributed by atoms with Crippen molar-refractivity contribution >= 4 is 28.5 Å². The van der Waals surface area contributed by atoms with E-state index in [1.54, 1.807) is 29.2 Å². The molecule has 2 heterocycles. The maximum atomic E-state index is 12.9. The third-order valence-corrected chi connectivity index (χ3v) is 6.18. The Morgan fingerprint density at radius 2 is 1.83 bits per heavy atom. The zero-order valence-corrected chi connectivity index (χ0v) is 19.9. The molecule has 3 N–H and O–H groups in total. The van der Waals surface area contributed by atoms with Crippen LogP contribution in [0.3, 0.4) is 0 Å². The number of hydrogen-bond acceptors (Lipinski definition) is 7. The second kappa shape index (κ2) is 10.5. The zero-order valence-electron chi connectivity index (χ0n) is 19.9. The molecule has 9 nitrogen and oxygen atoms in total. The van der Waals surface area contributed by atoms with Crippen molar-refractivity contribution in [2.45, 2.75) is 26.4 Å². The number of nitrogens with one attached hydrogen (secondary N) is 1. The first-order valence-corrected chi connectivity index (χ1v) is 11.7. The second-order valence-electron chi connectivity index (χ2n) is 9.03. The van der Waals surface area contributed by atoms with Crippen LogP contribution < -0.4 is 11.1 Å². The molecule has 0 aliphatic carbocycles. The predicted molar refractivity (Wildman–Crippen MR) is 133 cm³/mol. The van der Waals surface area contributed by atoms with Gasteiger partial charge in [-0.15, -0.1) is 0 Å². The molecule has 2 aromatic carbocycles. The van der Waals surface area contributed by atoms with Gasteiger partial charge in [0.25, 0.3) is 5.91 Å². The summed E-state index contributed by atoms with van der Waals surface area (Å²) >= 11 is 0. The summed E-state index contributed by atoms with van der Waals surface area (Å²) in [6.07, 6.45) is 0. The summed E-state index contributed by atoms with van der Waals surface area (Å²) in [5, 5.41) is 13.2. The number of benzene rings is 2. The molecule has 1 aliphatic heterocycles. The number of rotatable bonds is 7. The molecule has 1 aromatic heterocycles. The van der Waals surface area contributed by atoms with Gasteiger partial charge >= 0.3 is 0 Å². The van der Waals surface area contributed by atoms with Gasteiger partial charge in [-0.3, -0.25) is 14.5 Å². The van der Waals surface area contributed by atoms with E-state index in [2.05, 4.69) is 16.3 Å². The Labute approximate surface area is 204 Å². The minimum absolute atomic E-state index is 0.00384. The number of hydrogen-bond donors (Lipinski definition) is 2. The SMILES string of the molecule is CC(C)[C@H](Nc1nc(CN2CCN(C(=O)c3cccc(C#N)c3)CC2)nc2ccccc12)C(N)=O. The van der Waals surface area contributed by atoms with Crippen molar-refractivity contribution in [3.05, 3.63) is 65.5 Å². The summed E-state index contributed by atoms with van der Waals surface area (Å²) in [7, 11) is 0. The van der Waals surface area contributed by atoms with E-state index in [0.29, 0.717) is 55.5 Å². The normalized spacial score (nSPS) is 15.1. The number of nitrogens with zero attached hydrogens (tertiary/aromatic N) is 5. The van der Waals surface area contributed by atoms with Gasteiger partial charge in [0, 0.05) is 37.1 Å². The van der Waals surface area contributed by atoms with Gasteiger partial charge in [-0.2, -0.15) is 5.26 Å². The van der Waals surface area contributed by atoms with Crippen LogP contribution in [0.5, 0.6) is 0 Å². The van der Waals surface area contributed by atoms with Crippen LogP contribution in [-0.4, -0.2) is 63.8 Å². The van der Waals surface area contributed by atoms with Crippen molar-refractivity contribution in [3.63, 3.8) is 0 Å². The molecule has 0 unspecified atom stereocenters. The standard InChI is InChI=1S/C26H29N7O2/c1-17(2)23(24(28)34)31-25-20-8-3-4-9-21(20)29-22(30-25)16-32-10-12-33(13-11-32)26(35)19-7-5-6-18(14-19)15-27/h3-9,14,17,23H,10-13,16H2,1-2H3,(H2,28,34)(H,29,30,31)/t23-/m0/s1. The van der Waals surface area contributed by atoms with Crippen LogP contribution in [0.2, 0.25) is 0 Å². The number of carbonyl (C=O) groups excluding carboxylic acids is 2. The van der Waals surface area contributed by atoms with E-state index in [1.165, 1.54) is 0 Å². The van der Waals surface area contributed by atoms with Crippen molar-refractivity contribution in [2.75, 3.05) is 31.5 Å². The molecule has 9 heteroatoms. The summed E-state index contributed by atoms with van der Waals surface area (Å²) < 4.78 is 0. The Bertz CT molecular complexity index is 1280. The predicted octanol–water partition coefficient (Wildman–Crippen LogP) is 2.38. The van der Waals surface area contributed by atoms with Crippen LogP contribution in [0.25, 0.3) is 10.9 Å². The van der Waals surface area contributed by atoms with Gasteiger partial charge in [-0.25, -0.2) is 9.97 Å². The smallest absolute Gasteiger partial charge is 0.253 e. The van der Waals surface area contributed by atoms with E-state index >= 15 is 0 Å². The third-order valence-electron chi connectivity index (χ3n) is 6.18. The summed E-state index contributed by atoms with van der Waals surface area (Å²) in [5.74, 6) is 0.741. The molecule has 0 bridgehead atoms. The molecule has 1 atom stereocenters. The van der Waals surface area contributed by atoms with Crippen LogP contribution in [0.4, 0.5) is 5.82 Å². The van der Waals surface area contributed by atoms with Gasteiger partial charge in [0.05, 0.1) is 23.7 Å². The molecule has 0 spiro atoms. The highest BCUT2D eigenvalue weighted by Gasteiger charge is 2.24. The number of fused-ring (bicyclic) bond motifs is 1. The molecular weight excluding hydrogens is 442 g/mol. The average Bonchev–Trinajstić information content (AvgIpc) is 2.86. The number of aromatic nitrogens is 2. The number of nitrogens with two attached hydrogens (primary N) is 1. The minimum Gasteiger partial charge on any atom is -0.368 e. The first-order chi connectivity index (χ1) is 16.9. The first-order valence-electron chi connectivity index (χ1n) is 11.7. The van der Waals surface area contributed by atoms with Gasteiger partial charge in [0.2, 0.25) is 5.91 Å². The highest BCUT2D eigenvalue weighted by Crippen LogP contribution is 2.23. The van der Waals surface area contributed by atoms with E-state index < -0.39 is 11.9 Å². The summed E-state index contributed by atoms with van der Waals surface area (Å²) in [6, 6.07) is 16.0. The summed E-state index contributed by atoms with van der Waals surface area (Å²) in [5.41, 5.74) is 7.40. The number of primary amides is 1. The molecule has 4 rings (SSSR count). The Morgan fingerprint density at radius 1 is 1.09 bits per heavy atom. The summed E-state index contributed by atoms with van der Waals surface area (Å²) in [4.78, 5) is 38.3. The molecule has 35 heavy (non-hydrogen) atoms. The maximum Gasteiger partial charge on any atom is 0.253 e. The second-order valence-corrected chi connectivity index (χ2v) is 9.03. The van der Waals surface area contributed by atoms with Crippen LogP contribution in [-0.2, 0) is 11.3 Å². The Balaban J connectivity index is 1.47. The molecule has 2 amide bonds. The maximum absolute atomic E-state index is 12.9. The van der Waals surface area contributed by atoms with E-state index in [1.807, 2.05) is 38.1 Å². The van der Waals surface area contributed by atoms with Gasteiger partial charge in [0.15, 0.2) is 0 Å². The highest BCUT2D eigenvalue weighted by atomic mass is 16.2. The molecule has 1 saturated heterocycles. The first kappa shape index (κ1) is 24.1. The monoisotopic (exact) mass is 471 g/mol. The van der Waals surface area contributed by atoms with Crippen molar-refractivity contribution < 1.29 is 9.59 Å². The number of piperazine rings is 1. The molecular formula is C26H29N7O2. The lowest BCUT2D eigenvalue weighted by atomic mass is 10.0. The average molecular weight is 472 g/mol. The van der Waals surface area contributed by atoms with E-state index in [4.69, 9.17) is 21.0 Å². The number of nitriles is 1. The van der Waals surface area contributed by atoms with Crippen molar-refractivity contribution in [2.24, 2.45) is 11.7 Å². The third kappa shape index (κ3) is 5.55. The number of anilines is 1. The quantitative estimate of drug-likeness (QED) is 0.541. The Kier molecular flexibility index (Phi) is 7.22. The van der Waals surface area contributed by atoms with Crippen LogP contribution >= 0.6 is 0 Å². The molecule has 0 radical (unpaired) electrons. The fourth-order valence-corrected chi connectivity index (χ4v) is 4.23. The minimum atomic E-state index is -0.546. The van der Waals surface area contributed by atoms with Gasteiger partial charge < -0.3 is 16.0 Å². The molecule has 1 aliphatic rings. The van der Waals surface area contributed by atoms with Gasteiger partial charge in [-0.1, -0.05) is 32.0 Å². The zero-order chi connectivity index (χ0) is 24.9. The highest BCUT2D eigenvalue weighted by molar-refractivity contribution is 5.94. The van der Waals surface area contributed by atoms with Crippen LogP contribution in [0, 0.1) is 17.2 Å². The Morgan fingerprint density at radius 3 is 2.51 bits per heavy atom. The topological polar surface area (TPSA) is 128 Å². The number of amides is 2. The van der Waals surface area contributed by atoms with E-state index in [9.17, 15) is 9.59 Å². The van der Waals surface area contributed by atoms with Gasteiger partial charge in [-0.05, 0) is 36.2 Å². The lowest BCUT2D eigenvalue weighted by molar-refractivity contribution is -0.119. The Hall–Kier alpha value is -4.03. The van der Waals surface area contributed by atoms with Crippen LogP contribution in [0.15, 0.2) is 48.5 Å². The fraction of sp³-hybridized carbons (Fsp3) is 0.346. The largest absolute Gasteiger partial charge is 0.368 e. The number of carbonyl (C=O) groups is 2. The van der Waals surface area contributed by atoms with Crippen molar-refractivity contribution in [3.8, 4) is 6.07 Å². The molecule has 0 saturated carbocycles. The van der Waals surface area contributed by atoms with Crippen molar-refractivity contribution in [1.29, 1.82) is 5.26 Å². The van der Waals surface area contributed by atoms with Gasteiger partial charge in [0.1, 0.15) is 17.7 Å². The lowest BCUT2D eigenvalue weighted by Gasteiger charge is -2.34. The fourth-order valence-electron chi connectivity index (χ4n) is 4.23. The van der Waals surface area contributed by atoms with E-state index in [-0.39, 0.29) is 11.8 Å². The number of para-hydroxylation sites is 1. The lowest BCUT2D eigenvalue weighted by Crippen LogP contribution is -2.48. The molecule has 180 valence electrons. The van der Waals surface area contributed by atoms with Crippen molar-refractivity contribution in [1.82, 2.24) is 19.8 Å².